The lowest BCUT2D eigenvalue weighted by Crippen LogP contribution is -2.43. The van der Waals surface area contributed by atoms with Gasteiger partial charge in [0, 0.05) is 22.1 Å². The fraction of sp³-hybridized carbons (Fsp3) is 1.00. The number of rotatable bonds is 7. The molecule has 1 aliphatic carbocycles. The van der Waals surface area contributed by atoms with Gasteiger partial charge in [-0.2, -0.15) is 0 Å². The van der Waals surface area contributed by atoms with Gasteiger partial charge in [0.25, 0.3) is 0 Å². The van der Waals surface area contributed by atoms with Crippen LogP contribution in [0.4, 0.5) is 0 Å². The molecule has 3 atom stereocenters. The Labute approximate surface area is 109 Å². The van der Waals surface area contributed by atoms with Crippen molar-refractivity contribution in [1.82, 2.24) is 5.32 Å². The van der Waals surface area contributed by atoms with Gasteiger partial charge in [-0.05, 0) is 32.7 Å². The zero-order valence-electron chi connectivity index (χ0n) is 11.7. The average Bonchev–Trinajstić information content (AvgIpc) is 2.39. The van der Waals surface area contributed by atoms with E-state index in [2.05, 4.69) is 19.2 Å². The summed E-state index contributed by atoms with van der Waals surface area (Å²) in [5.41, 5.74) is 0. The highest BCUT2D eigenvalue weighted by molar-refractivity contribution is 7.86. The average molecular weight is 259 g/mol. The summed E-state index contributed by atoms with van der Waals surface area (Å²) in [5.74, 6) is 0. The first-order valence-electron chi connectivity index (χ1n) is 7.31. The topological polar surface area (TPSA) is 29.1 Å². The minimum atomic E-state index is -0.638. The molecule has 1 saturated carbocycles. The van der Waals surface area contributed by atoms with E-state index in [4.69, 9.17) is 0 Å². The molecule has 0 aromatic rings. The van der Waals surface area contributed by atoms with Gasteiger partial charge in [0.1, 0.15) is 0 Å². The van der Waals surface area contributed by atoms with Crippen LogP contribution in [0.15, 0.2) is 0 Å². The highest BCUT2D eigenvalue weighted by Gasteiger charge is 2.30. The summed E-state index contributed by atoms with van der Waals surface area (Å²) in [6.07, 6.45) is 9.63. The third-order valence-corrected chi connectivity index (χ3v) is 6.39. The molecule has 1 fully saturated rings. The van der Waals surface area contributed by atoms with Crippen molar-refractivity contribution in [1.29, 1.82) is 0 Å². The van der Waals surface area contributed by atoms with E-state index in [1.807, 2.05) is 7.05 Å². The lowest BCUT2D eigenvalue weighted by molar-refractivity contribution is 0.463. The van der Waals surface area contributed by atoms with E-state index in [0.29, 0.717) is 16.5 Å². The first kappa shape index (κ1) is 15.2. The Balaban J connectivity index is 2.60. The van der Waals surface area contributed by atoms with Crippen molar-refractivity contribution in [3.63, 3.8) is 0 Å². The summed E-state index contributed by atoms with van der Waals surface area (Å²) in [6, 6.07) is 0.438. The second-order valence-corrected chi connectivity index (χ2v) is 7.15. The maximum atomic E-state index is 12.7. The van der Waals surface area contributed by atoms with Gasteiger partial charge in [-0.25, -0.2) is 0 Å². The van der Waals surface area contributed by atoms with Crippen LogP contribution < -0.4 is 5.32 Å². The Kier molecular flexibility index (Phi) is 7.36. The molecule has 102 valence electrons. The largest absolute Gasteiger partial charge is 0.316 e. The van der Waals surface area contributed by atoms with Gasteiger partial charge < -0.3 is 5.32 Å². The predicted octanol–water partition coefficient (Wildman–Crippen LogP) is 3.23. The summed E-state index contributed by atoms with van der Waals surface area (Å²) >= 11 is 0. The van der Waals surface area contributed by atoms with Crippen molar-refractivity contribution in [3.05, 3.63) is 0 Å². The third-order valence-electron chi connectivity index (χ3n) is 4.00. The Bertz CT molecular complexity index is 226. The zero-order valence-corrected chi connectivity index (χ0v) is 12.5. The van der Waals surface area contributed by atoms with Gasteiger partial charge in [0.05, 0.1) is 5.25 Å². The van der Waals surface area contributed by atoms with Crippen LogP contribution in [0.1, 0.15) is 65.2 Å². The fourth-order valence-electron chi connectivity index (χ4n) is 2.98. The minimum absolute atomic E-state index is 0.350. The molecule has 1 rings (SSSR count). The molecule has 1 N–H and O–H groups in total. The van der Waals surface area contributed by atoms with E-state index >= 15 is 0 Å². The molecule has 0 aliphatic heterocycles. The molecule has 0 heterocycles. The standard InChI is InChI=1S/C14H29NOS/c1-4-9-13(15-3)14(5-2)17(16)12-10-7-6-8-11-12/h12-15H,4-11H2,1-3H3. The molecular weight excluding hydrogens is 230 g/mol. The van der Waals surface area contributed by atoms with Gasteiger partial charge in [-0.1, -0.05) is 39.5 Å². The summed E-state index contributed by atoms with van der Waals surface area (Å²) in [7, 11) is 1.38. The SMILES string of the molecule is CCCC(NC)C(CC)S(=O)C1CCCCC1. The van der Waals surface area contributed by atoms with Crippen LogP contribution in [0.5, 0.6) is 0 Å². The van der Waals surface area contributed by atoms with Crippen molar-refractivity contribution in [2.24, 2.45) is 0 Å². The van der Waals surface area contributed by atoms with E-state index in [1.54, 1.807) is 0 Å². The van der Waals surface area contributed by atoms with E-state index in [1.165, 1.54) is 38.5 Å². The number of nitrogens with one attached hydrogen (secondary N) is 1. The summed E-state index contributed by atoms with van der Waals surface area (Å²) in [4.78, 5) is 0. The maximum Gasteiger partial charge on any atom is 0.0501 e. The van der Waals surface area contributed by atoms with Crippen LogP contribution in [0.2, 0.25) is 0 Å². The number of hydrogen-bond donors (Lipinski definition) is 1. The normalized spacial score (nSPS) is 23.2. The van der Waals surface area contributed by atoms with Crippen LogP contribution in [0.3, 0.4) is 0 Å². The lowest BCUT2D eigenvalue weighted by Gasteiger charge is -2.30. The molecule has 0 amide bonds. The molecule has 0 aromatic heterocycles. The van der Waals surface area contributed by atoms with E-state index in [-0.39, 0.29) is 0 Å². The fourth-order valence-corrected chi connectivity index (χ4v) is 5.20. The zero-order chi connectivity index (χ0) is 12.7. The summed E-state index contributed by atoms with van der Waals surface area (Å²) in [6.45, 7) is 4.39. The van der Waals surface area contributed by atoms with E-state index in [9.17, 15) is 4.21 Å². The summed E-state index contributed by atoms with van der Waals surface area (Å²) in [5, 5.41) is 4.20. The Morgan fingerprint density at radius 1 is 1.24 bits per heavy atom. The molecule has 3 unspecified atom stereocenters. The Morgan fingerprint density at radius 2 is 1.88 bits per heavy atom. The second-order valence-electron chi connectivity index (χ2n) is 5.22. The third kappa shape index (κ3) is 4.36. The van der Waals surface area contributed by atoms with Crippen LogP contribution in [-0.2, 0) is 10.8 Å². The highest BCUT2D eigenvalue weighted by Crippen LogP contribution is 2.26. The molecule has 0 bridgehead atoms. The smallest absolute Gasteiger partial charge is 0.0501 e. The van der Waals surface area contributed by atoms with Gasteiger partial charge in [-0.3, -0.25) is 4.21 Å². The van der Waals surface area contributed by atoms with Crippen LogP contribution in [0.25, 0.3) is 0 Å². The Morgan fingerprint density at radius 3 is 2.35 bits per heavy atom. The molecule has 1 aliphatic rings. The minimum Gasteiger partial charge on any atom is -0.316 e. The molecule has 0 saturated heterocycles. The molecule has 17 heavy (non-hydrogen) atoms. The first-order valence-corrected chi connectivity index (χ1v) is 8.58. The predicted molar refractivity (Wildman–Crippen MR) is 76.9 cm³/mol. The van der Waals surface area contributed by atoms with E-state index < -0.39 is 10.8 Å². The van der Waals surface area contributed by atoms with Crippen molar-refractivity contribution in [2.75, 3.05) is 7.05 Å². The Hall–Kier alpha value is 0.110. The van der Waals surface area contributed by atoms with Crippen LogP contribution in [-0.4, -0.2) is 27.8 Å². The second kappa shape index (κ2) is 8.25. The summed E-state index contributed by atoms with van der Waals surface area (Å²) < 4.78 is 12.7. The molecule has 0 spiro atoms. The first-order chi connectivity index (χ1) is 8.24. The molecule has 2 nitrogen and oxygen atoms in total. The molecule has 0 aromatic carbocycles. The lowest BCUT2D eigenvalue weighted by atomic mass is 10.0. The van der Waals surface area contributed by atoms with Gasteiger partial charge >= 0.3 is 0 Å². The molecular formula is C14H29NOS. The van der Waals surface area contributed by atoms with Gasteiger partial charge in [-0.15, -0.1) is 0 Å². The van der Waals surface area contributed by atoms with Crippen molar-refractivity contribution < 1.29 is 4.21 Å². The van der Waals surface area contributed by atoms with Crippen molar-refractivity contribution >= 4 is 10.8 Å². The van der Waals surface area contributed by atoms with Crippen molar-refractivity contribution in [2.45, 2.75) is 81.8 Å². The molecule has 3 heteroatoms. The molecule has 0 radical (unpaired) electrons. The van der Waals surface area contributed by atoms with Crippen LogP contribution >= 0.6 is 0 Å². The highest BCUT2D eigenvalue weighted by atomic mass is 32.2. The monoisotopic (exact) mass is 259 g/mol. The quantitative estimate of drug-likeness (QED) is 0.760. The van der Waals surface area contributed by atoms with Gasteiger partial charge in [0.15, 0.2) is 0 Å². The van der Waals surface area contributed by atoms with Gasteiger partial charge in [0.2, 0.25) is 0 Å². The van der Waals surface area contributed by atoms with Crippen molar-refractivity contribution in [3.8, 4) is 0 Å². The van der Waals surface area contributed by atoms with Crippen LogP contribution in [0, 0.1) is 0 Å². The van der Waals surface area contributed by atoms with E-state index in [0.717, 1.165) is 12.8 Å². The number of hydrogen-bond acceptors (Lipinski definition) is 2. The maximum absolute atomic E-state index is 12.7.